The van der Waals surface area contributed by atoms with Crippen LogP contribution in [0.15, 0.2) is 24.3 Å². The van der Waals surface area contributed by atoms with Crippen molar-refractivity contribution < 1.29 is 14.6 Å². The lowest BCUT2D eigenvalue weighted by molar-refractivity contribution is -0.119. The van der Waals surface area contributed by atoms with Crippen LogP contribution in [0.5, 0.6) is 5.75 Å². The quantitative estimate of drug-likeness (QED) is 0.781. The van der Waals surface area contributed by atoms with E-state index in [9.17, 15) is 9.90 Å². The second-order valence-electron chi connectivity index (χ2n) is 3.96. The lowest BCUT2D eigenvalue weighted by Crippen LogP contribution is -2.40. The number of hydrogen-bond donors (Lipinski definition) is 2. The predicted molar refractivity (Wildman–Crippen MR) is 64.0 cm³/mol. The number of anilines is 1. The molecule has 1 amide bonds. The average Bonchev–Trinajstić information content (AvgIpc) is 2.50. The van der Waals surface area contributed by atoms with Crippen molar-refractivity contribution in [3.8, 4) is 5.75 Å². The van der Waals surface area contributed by atoms with E-state index in [4.69, 9.17) is 10.5 Å². The Balaban J connectivity index is 2.30. The molecule has 0 aliphatic carbocycles. The molecule has 1 aromatic rings. The van der Waals surface area contributed by atoms with Gasteiger partial charge >= 0.3 is 0 Å². The molecule has 1 aliphatic heterocycles. The highest BCUT2D eigenvalue weighted by Crippen LogP contribution is 2.30. The molecule has 5 nitrogen and oxygen atoms in total. The van der Waals surface area contributed by atoms with Crippen LogP contribution in [0.25, 0.3) is 0 Å². The van der Waals surface area contributed by atoms with Gasteiger partial charge in [-0.25, -0.2) is 0 Å². The van der Waals surface area contributed by atoms with E-state index in [2.05, 4.69) is 0 Å². The molecule has 0 saturated heterocycles. The SMILES string of the molecule is NC[C@H](O)CN1C(=O)CCOc2ccccc21. The van der Waals surface area contributed by atoms with Crippen LogP contribution in [0.4, 0.5) is 5.69 Å². The van der Waals surface area contributed by atoms with E-state index in [-0.39, 0.29) is 19.0 Å². The number of ether oxygens (including phenoxy) is 1. The van der Waals surface area contributed by atoms with Crippen molar-refractivity contribution in [2.24, 2.45) is 5.73 Å². The van der Waals surface area contributed by atoms with Crippen LogP contribution in [0.2, 0.25) is 0 Å². The molecule has 3 N–H and O–H groups in total. The molecule has 0 fully saturated rings. The summed E-state index contributed by atoms with van der Waals surface area (Å²) in [4.78, 5) is 13.5. The van der Waals surface area contributed by atoms with Crippen molar-refractivity contribution in [1.29, 1.82) is 0 Å². The molecule has 0 saturated carbocycles. The van der Waals surface area contributed by atoms with E-state index < -0.39 is 6.10 Å². The molecular formula is C12H16N2O3. The largest absolute Gasteiger partial charge is 0.491 e. The third-order valence-corrected chi connectivity index (χ3v) is 2.70. The maximum absolute atomic E-state index is 11.9. The van der Waals surface area contributed by atoms with Crippen LogP contribution in [-0.4, -0.2) is 36.8 Å². The lowest BCUT2D eigenvalue weighted by atomic mass is 10.2. The molecule has 1 aromatic carbocycles. The standard InChI is InChI=1S/C12H16N2O3/c13-7-9(15)8-14-10-3-1-2-4-11(10)17-6-5-12(14)16/h1-4,9,15H,5-8,13H2/t9-/m0/s1. The van der Waals surface area contributed by atoms with E-state index in [1.807, 2.05) is 24.3 Å². The van der Waals surface area contributed by atoms with Gasteiger partial charge in [-0.15, -0.1) is 0 Å². The molecule has 17 heavy (non-hydrogen) atoms. The molecule has 1 heterocycles. The Labute approximate surface area is 99.8 Å². The number of aliphatic hydroxyl groups is 1. The highest BCUT2D eigenvalue weighted by Gasteiger charge is 2.24. The van der Waals surface area contributed by atoms with Crippen molar-refractivity contribution in [3.05, 3.63) is 24.3 Å². The van der Waals surface area contributed by atoms with E-state index >= 15 is 0 Å². The fraction of sp³-hybridized carbons (Fsp3) is 0.417. The molecule has 0 spiro atoms. The predicted octanol–water partition coefficient (Wildman–Crippen LogP) is 0.122. The highest BCUT2D eigenvalue weighted by atomic mass is 16.5. The van der Waals surface area contributed by atoms with Gasteiger partial charge in [-0.2, -0.15) is 0 Å². The number of nitrogens with two attached hydrogens (primary N) is 1. The summed E-state index contributed by atoms with van der Waals surface area (Å²) in [7, 11) is 0. The van der Waals surface area contributed by atoms with E-state index in [1.54, 1.807) is 4.90 Å². The number of carbonyl (C=O) groups excluding carboxylic acids is 1. The van der Waals surface area contributed by atoms with Crippen molar-refractivity contribution in [3.63, 3.8) is 0 Å². The van der Waals surface area contributed by atoms with Gasteiger partial charge in [0.05, 0.1) is 31.4 Å². The molecule has 1 aliphatic rings. The van der Waals surface area contributed by atoms with E-state index in [1.165, 1.54) is 0 Å². The summed E-state index contributed by atoms with van der Waals surface area (Å²) in [5.74, 6) is 0.616. The number of rotatable bonds is 3. The van der Waals surface area contributed by atoms with Gasteiger partial charge in [0.15, 0.2) is 0 Å². The first-order chi connectivity index (χ1) is 8.22. The Hall–Kier alpha value is -1.59. The first-order valence-electron chi connectivity index (χ1n) is 5.62. The summed E-state index contributed by atoms with van der Waals surface area (Å²) in [5, 5.41) is 9.59. The Kier molecular flexibility index (Phi) is 3.61. The second-order valence-corrected chi connectivity index (χ2v) is 3.96. The zero-order valence-corrected chi connectivity index (χ0v) is 9.50. The summed E-state index contributed by atoms with van der Waals surface area (Å²) in [5.41, 5.74) is 6.07. The minimum atomic E-state index is -0.717. The summed E-state index contributed by atoms with van der Waals surface area (Å²) in [6, 6.07) is 7.31. The van der Waals surface area contributed by atoms with Crippen LogP contribution < -0.4 is 15.4 Å². The van der Waals surface area contributed by atoms with Crippen molar-refractivity contribution >= 4 is 11.6 Å². The Morgan fingerprint density at radius 3 is 3.00 bits per heavy atom. The zero-order valence-electron chi connectivity index (χ0n) is 9.50. The number of hydrogen-bond acceptors (Lipinski definition) is 4. The summed E-state index contributed by atoms with van der Waals surface area (Å²) >= 11 is 0. The molecule has 0 unspecified atom stereocenters. The van der Waals surface area contributed by atoms with Gasteiger partial charge in [0.25, 0.3) is 0 Å². The molecule has 0 radical (unpaired) electrons. The Morgan fingerprint density at radius 1 is 1.47 bits per heavy atom. The molecule has 0 aromatic heterocycles. The molecule has 0 bridgehead atoms. The number of carbonyl (C=O) groups is 1. The number of para-hydroxylation sites is 2. The minimum Gasteiger partial charge on any atom is -0.491 e. The maximum Gasteiger partial charge on any atom is 0.230 e. The van der Waals surface area contributed by atoms with Gasteiger partial charge < -0.3 is 20.5 Å². The normalized spacial score (nSPS) is 17.1. The topological polar surface area (TPSA) is 75.8 Å². The van der Waals surface area contributed by atoms with Crippen LogP contribution in [0.1, 0.15) is 6.42 Å². The molecular weight excluding hydrogens is 220 g/mol. The number of fused-ring (bicyclic) bond motifs is 1. The van der Waals surface area contributed by atoms with Crippen molar-refractivity contribution in [2.45, 2.75) is 12.5 Å². The second kappa shape index (κ2) is 5.16. The monoisotopic (exact) mass is 236 g/mol. The molecule has 2 rings (SSSR count). The van der Waals surface area contributed by atoms with E-state index in [0.717, 1.165) is 0 Å². The lowest BCUT2D eigenvalue weighted by Gasteiger charge is -2.24. The molecule has 92 valence electrons. The van der Waals surface area contributed by atoms with Crippen molar-refractivity contribution in [1.82, 2.24) is 0 Å². The van der Waals surface area contributed by atoms with Gasteiger partial charge in [0.1, 0.15) is 5.75 Å². The van der Waals surface area contributed by atoms with E-state index in [0.29, 0.717) is 24.5 Å². The third kappa shape index (κ3) is 2.57. The van der Waals surface area contributed by atoms with Crippen LogP contribution in [0, 0.1) is 0 Å². The number of aliphatic hydroxyl groups excluding tert-OH is 1. The first-order valence-corrected chi connectivity index (χ1v) is 5.62. The molecule has 5 heteroatoms. The van der Waals surface area contributed by atoms with Gasteiger partial charge in [0, 0.05) is 6.54 Å². The maximum atomic E-state index is 11.9. The molecule has 1 atom stereocenters. The smallest absolute Gasteiger partial charge is 0.230 e. The van der Waals surface area contributed by atoms with Gasteiger partial charge in [-0.1, -0.05) is 12.1 Å². The first kappa shape index (κ1) is 11.9. The van der Waals surface area contributed by atoms with Crippen LogP contribution in [0.3, 0.4) is 0 Å². The number of amides is 1. The fourth-order valence-electron chi connectivity index (χ4n) is 1.81. The fourth-order valence-corrected chi connectivity index (χ4v) is 1.81. The third-order valence-electron chi connectivity index (χ3n) is 2.70. The van der Waals surface area contributed by atoms with Gasteiger partial charge in [-0.3, -0.25) is 4.79 Å². The Bertz CT molecular complexity index is 408. The summed E-state index contributed by atoms with van der Waals surface area (Å²) in [6.07, 6.45) is -0.406. The summed E-state index contributed by atoms with van der Waals surface area (Å²) < 4.78 is 5.49. The van der Waals surface area contributed by atoms with Crippen LogP contribution >= 0.6 is 0 Å². The number of nitrogens with zero attached hydrogens (tertiary/aromatic N) is 1. The number of β-amino-alcohol motifs (C(OH)–C–C–N with tert-alkyl or cyclic N) is 1. The van der Waals surface area contributed by atoms with Crippen LogP contribution in [-0.2, 0) is 4.79 Å². The van der Waals surface area contributed by atoms with Gasteiger partial charge in [-0.05, 0) is 12.1 Å². The Morgan fingerprint density at radius 2 is 2.24 bits per heavy atom. The highest BCUT2D eigenvalue weighted by molar-refractivity contribution is 5.95. The zero-order chi connectivity index (χ0) is 12.3. The van der Waals surface area contributed by atoms with Crippen molar-refractivity contribution in [2.75, 3.05) is 24.6 Å². The summed E-state index contributed by atoms with van der Waals surface area (Å²) in [6.45, 7) is 0.702. The number of benzene rings is 1. The minimum absolute atomic E-state index is 0.0533. The average molecular weight is 236 g/mol. The van der Waals surface area contributed by atoms with Gasteiger partial charge in [0.2, 0.25) is 5.91 Å².